The van der Waals surface area contributed by atoms with Crippen molar-refractivity contribution in [2.24, 2.45) is 0 Å². The lowest BCUT2D eigenvalue weighted by atomic mass is 10.2. The maximum atomic E-state index is 5.02. The van der Waals surface area contributed by atoms with Crippen LogP contribution in [0.4, 0.5) is 5.82 Å². The summed E-state index contributed by atoms with van der Waals surface area (Å²) in [7, 11) is 0. The molecule has 0 fully saturated rings. The Balaban J connectivity index is 1.95. The molecule has 0 radical (unpaired) electrons. The van der Waals surface area contributed by atoms with Crippen LogP contribution in [-0.4, -0.2) is 5.16 Å². The van der Waals surface area contributed by atoms with Crippen LogP contribution < -0.4 is 4.72 Å². The van der Waals surface area contributed by atoms with Gasteiger partial charge in [0.2, 0.25) is 0 Å². The minimum atomic E-state index is 0.737. The van der Waals surface area contributed by atoms with Gasteiger partial charge < -0.3 is 9.25 Å². The van der Waals surface area contributed by atoms with Crippen molar-refractivity contribution in [1.29, 1.82) is 0 Å². The van der Waals surface area contributed by atoms with Gasteiger partial charge in [-0.25, -0.2) is 0 Å². The molecule has 0 spiro atoms. The van der Waals surface area contributed by atoms with Crippen molar-refractivity contribution in [2.75, 3.05) is 4.72 Å². The van der Waals surface area contributed by atoms with Crippen LogP contribution in [0.25, 0.3) is 4.91 Å². The van der Waals surface area contributed by atoms with Crippen LogP contribution in [0.2, 0.25) is 0 Å². The Kier molecular flexibility index (Phi) is 6.68. The highest BCUT2D eigenvalue weighted by atomic mass is 32.2. The summed E-state index contributed by atoms with van der Waals surface area (Å²) < 4.78 is 8.19. The molecule has 1 aromatic heterocycles. The van der Waals surface area contributed by atoms with Crippen molar-refractivity contribution in [2.45, 2.75) is 32.1 Å². The topological polar surface area (TPSA) is 38.1 Å². The van der Waals surface area contributed by atoms with Crippen molar-refractivity contribution in [3.63, 3.8) is 0 Å². The van der Waals surface area contributed by atoms with Gasteiger partial charge in [0.1, 0.15) is 5.76 Å². The molecule has 1 aromatic carbocycles. The molecule has 1 N–H and O–H groups in total. The molecule has 0 atom stereocenters. The zero-order valence-corrected chi connectivity index (χ0v) is 14.6. The largest absolute Gasteiger partial charge is 0.360 e. The smallest absolute Gasteiger partial charge is 0.179 e. The molecule has 0 aliphatic carbocycles. The number of anilines is 1. The first-order chi connectivity index (χ1) is 10.7. The minimum absolute atomic E-state index is 0.737. The summed E-state index contributed by atoms with van der Waals surface area (Å²) in [4.78, 5) is 2.40. The monoisotopic (exact) mass is 332 g/mol. The first kappa shape index (κ1) is 16.8. The molecular weight excluding hydrogens is 312 g/mol. The fraction of sp³-hybridized carbons (Fsp3) is 0.235. The number of benzene rings is 1. The van der Waals surface area contributed by atoms with Gasteiger partial charge in [-0.05, 0) is 55.3 Å². The molecule has 2 rings (SSSR count). The normalized spacial score (nSPS) is 12.0. The Bertz CT molecular complexity index is 645. The number of nitrogens with zero attached hydrogens (tertiary/aromatic N) is 1. The lowest BCUT2D eigenvalue weighted by Gasteiger charge is -2.06. The molecule has 116 valence electrons. The first-order valence-electron chi connectivity index (χ1n) is 7.17. The van der Waals surface area contributed by atoms with Gasteiger partial charge in [-0.2, -0.15) is 0 Å². The molecule has 2 aromatic rings. The predicted molar refractivity (Wildman–Crippen MR) is 97.8 cm³/mol. The molecule has 0 bridgehead atoms. The van der Waals surface area contributed by atoms with E-state index in [0.29, 0.717) is 0 Å². The Morgan fingerprint density at radius 2 is 2.09 bits per heavy atom. The van der Waals surface area contributed by atoms with Gasteiger partial charge >= 0.3 is 0 Å². The van der Waals surface area contributed by atoms with E-state index in [1.807, 2.05) is 13.0 Å². The van der Waals surface area contributed by atoms with Crippen LogP contribution in [-0.2, 0) is 0 Å². The second-order valence-corrected chi connectivity index (χ2v) is 6.43. The van der Waals surface area contributed by atoms with E-state index in [1.165, 1.54) is 22.4 Å². The van der Waals surface area contributed by atoms with E-state index in [0.717, 1.165) is 22.9 Å². The molecule has 22 heavy (non-hydrogen) atoms. The highest BCUT2D eigenvalue weighted by Gasteiger charge is 2.03. The Hall–Kier alpha value is -1.59. The molecule has 0 saturated carbocycles. The molecule has 5 heteroatoms. The second-order valence-electron chi connectivity index (χ2n) is 4.60. The number of hydrogen-bond acceptors (Lipinski definition) is 5. The second kappa shape index (κ2) is 8.76. The van der Waals surface area contributed by atoms with Gasteiger partial charge in [-0.1, -0.05) is 48.1 Å². The molecule has 0 unspecified atom stereocenters. The van der Waals surface area contributed by atoms with Crippen LogP contribution >= 0.6 is 23.7 Å². The van der Waals surface area contributed by atoms with E-state index in [-0.39, 0.29) is 0 Å². The number of aryl methyl sites for hydroxylation is 1. The van der Waals surface area contributed by atoms with Crippen LogP contribution in [0.5, 0.6) is 0 Å². The maximum absolute atomic E-state index is 5.02. The number of rotatable bonds is 7. The fourth-order valence-electron chi connectivity index (χ4n) is 1.73. The summed E-state index contributed by atoms with van der Waals surface area (Å²) in [6.45, 7) is 6.09. The molecule has 0 aliphatic heterocycles. The van der Waals surface area contributed by atoms with Gasteiger partial charge in [0.05, 0.1) is 0 Å². The van der Waals surface area contributed by atoms with E-state index < -0.39 is 0 Å². The van der Waals surface area contributed by atoms with Gasteiger partial charge in [-0.3, -0.25) is 0 Å². The summed E-state index contributed by atoms with van der Waals surface area (Å²) >= 11 is 3.28. The molecule has 3 nitrogen and oxygen atoms in total. The van der Waals surface area contributed by atoms with Crippen LogP contribution in [0, 0.1) is 6.92 Å². The molecule has 1 heterocycles. The number of thioether (sulfide) groups is 1. The Labute approximate surface area is 140 Å². The standard InChI is InChI=1S/C17H20N2OS2/c1-4-6-11-21-16(5-2)14-7-9-15(10-8-14)22-19-17-12-13(3)20-18-17/h5-12H,4H2,1-3H3,(H,18,19)/b11-6-,16-5+. The van der Waals surface area contributed by atoms with E-state index in [4.69, 9.17) is 4.52 Å². The number of hydrogen-bond donors (Lipinski definition) is 1. The Morgan fingerprint density at radius 1 is 1.32 bits per heavy atom. The van der Waals surface area contributed by atoms with Crippen molar-refractivity contribution in [3.8, 4) is 0 Å². The van der Waals surface area contributed by atoms with Gasteiger partial charge in [0, 0.05) is 15.9 Å². The Morgan fingerprint density at radius 3 is 2.68 bits per heavy atom. The SMILES string of the molecule is C/C=C(/S/C=C\CC)c1ccc(SNc2cc(C)on2)cc1. The average Bonchev–Trinajstić information content (AvgIpc) is 2.96. The lowest BCUT2D eigenvalue weighted by molar-refractivity contribution is 0.400. The summed E-state index contributed by atoms with van der Waals surface area (Å²) in [6, 6.07) is 10.4. The summed E-state index contributed by atoms with van der Waals surface area (Å²) in [6.07, 6.45) is 5.37. The van der Waals surface area contributed by atoms with Crippen molar-refractivity contribution < 1.29 is 4.52 Å². The third kappa shape index (κ3) is 5.00. The third-order valence-electron chi connectivity index (χ3n) is 2.83. The number of allylic oxidation sites excluding steroid dienone is 2. The molecule has 0 saturated heterocycles. The van der Waals surface area contributed by atoms with Crippen molar-refractivity contribution in [3.05, 3.63) is 59.2 Å². The summed E-state index contributed by atoms with van der Waals surface area (Å²) in [5.74, 6) is 1.54. The van der Waals surface area contributed by atoms with Gasteiger partial charge in [0.25, 0.3) is 0 Å². The lowest BCUT2D eigenvalue weighted by Crippen LogP contribution is -1.86. The predicted octanol–water partition coefficient (Wildman–Crippen LogP) is 6.12. The maximum Gasteiger partial charge on any atom is 0.179 e. The van der Waals surface area contributed by atoms with Crippen molar-refractivity contribution in [1.82, 2.24) is 5.16 Å². The molecule has 0 aliphatic rings. The molecular formula is C17H20N2OS2. The summed E-state index contributed by atoms with van der Waals surface area (Å²) in [5.41, 5.74) is 1.23. The number of nitrogens with one attached hydrogen (secondary N) is 1. The van der Waals surface area contributed by atoms with E-state index in [9.17, 15) is 0 Å². The highest BCUT2D eigenvalue weighted by Crippen LogP contribution is 2.30. The zero-order chi connectivity index (χ0) is 15.8. The fourth-order valence-corrected chi connectivity index (χ4v) is 3.17. The number of aromatic nitrogens is 1. The summed E-state index contributed by atoms with van der Waals surface area (Å²) in [5, 5.41) is 6.05. The highest BCUT2D eigenvalue weighted by molar-refractivity contribution is 8.10. The molecule has 0 amide bonds. The minimum Gasteiger partial charge on any atom is -0.360 e. The average molecular weight is 332 g/mol. The van der Waals surface area contributed by atoms with Gasteiger partial charge in [-0.15, -0.1) is 0 Å². The third-order valence-corrected chi connectivity index (χ3v) is 4.70. The van der Waals surface area contributed by atoms with Crippen molar-refractivity contribution >= 4 is 34.4 Å². The zero-order valence-electron chi connectivity index (χ0n) is 13.0. The van der Waals surface area contributed by atoms with E-state index in [1.54, 1.807) is 11.8 Å². The van der Waals surface area contributed by atoms with E-state index in [2.05, 4.69) is 65.6 Å². The quantitative estimate of drug-likeness (QED) is 0.618. The van der Waals surface area contributed by atoms with Crippen LogP contribution in [0.3, 0.4) is 0 Å². The van der Waals surface area contributed by atoms with Crippen LogP contribution in [0.1, 0.15) is 31.6 Å². The van der Waals surface area contributed by atoms with Gasteiger partial charge in [0.15, 0.2) is 5.82 Å². The first-order valence-corrected chi connectivity index (χ1v) is 8.87. The van der Waals surface area contributed by atoms with E-state index >= 15 is 0 Å². The van der Waals surface area contributed by atoms with Crippen LogP contribution in [0.15, 0.2) is 57.3 Å².